The Morgan fingerprint density at radius 2 is 2.12 bits per heavy atom. The van der Waals surface area contributed by atoms with Gasteiger partial charge in [-0.25, -0.2) is 4.79 Å². The highest BCUT2D eigenvalue weighted by molar-refractivity contribution is 6.30. The number of methoxy groups -OCH3 is 1. The summed E-state index contributed by atoms with van der Waals surface area (Å²) in [5.74, 6) is -0.578. The van der Waals surface area contributed by atoms with E-state index in [0.717, 1.165) is 19.3 Å². The second kappa shape index (κ2) is 6.64. The zero-order valence-electron chi connectivity index (χ0n) is 10.2. The first-order valence-electron chi connectivity index (χ1n) is 5.80. The lowest BCUT2D eigenvalue weighted by Crippen LogP contribution is -2.35. The van der Waals surface area contributed by atoms with Gasteiger partial charge in [-0.05, 0) is 26.2 Å². The fourth-order valence-electron chi connectivity index (χ4n) is 1.84. The van der Waals surface area contributed by atoms with Crippen LogP contribution in [0.3, 0.4) is 0 Å². The van der Waals surface area contributed by atoms with Gasteiger partial charge in [0.15, 0.2) is 0 Å². The van der Waals surface area contributed by atoms with Crippen LogP contribution in [0.15, 0.2) is 11.8 Å². The number of nitrogens with zero attached hydrogens (tertiary/aromatic N) is 1. The highest BCUT2D eigenvalue weighted by Crippen LogP contribution is 2.21. The Hall–Kier alpha value is -1.03. The Morgan fingerprint density at radius 3 is 2.71 bits per heavy atom. The molecule has 0 aromatic rings. The smallest absolute Gasteiger partial charge is 0.332 e. The van der Waals surface area contributed by atoms with E-state index in [2.05, 4.69) is 4.74 Å². The molecule has 96 valence electrons. The van der Waals surface area contributed by atoms with Gasteiger partial charge in [-0.1, -0.05) is 6.42 Å². The Bertz CT molecular complexity index is 326. The minimum Gasteiger partial charge on any atom is -0.466 e. The van der Waals surface area contributed by atoms with Crippen molar-refractivity contribution in [3.05, 3.63) is 11.8 Å². The van der Waals surface area contributed by atoms with Gasteiger partial charge in [-0.2, -0.15) is 0 Å². The molecule has 1 rings (SSSR count). The van der Waals surface area contributed by atoms with Gasteiger partial charge in [0.05, 0.1) is 7.11 Å². The Balaban J connectivity index is 2.90. The Kier molecular flexibility index (Phi) is 5.48. The zero-order chi connectivity index (χ0) is 12.8. The number of carbonyl (C=O) groups is 2. The number of ether oxygens (including phenoxy) is 1. The fraction of sp³-hybridized carbons (Fsp3) is 0.667. The molecule has 1 aliphatic heterocycles. The van der Waals surface area contributed by atoms with Crippen LogP contribution in [0.1, 0.15) is 32.6 Å². The van der Waals surface area contributed by atoms with Gasteiger partial charge in [0.2, 0.25) is 5.91 Å². The van der Waals surface area contributed by atoms with E-state index in [1.54, 1.807) is 11.8 Å². The molecule has 1 saturated heterocycles. The van der Waals surface area contributed by atoms with Crippen molar-refractivity contribution >= 4 is 23.5 Å². The highest BCUT2D eigenvalue weighted by Gasteiger charge is 2.24. The molecular weight excluding hydrogens is 242 g/mol. The molecule has 0 unspecified atom stereocenters. The molecule has 0 aromatic heterocycles. The summed E-state index contributed by atoms with van der Waals surface area (Å²) in [5.41, 5.74) is 0.715. The van der Waals surface area contributed by atoms with Crippen LogP contribution in [-0.4, -0.2) is 35.8 Å². The van der Waals surface area contributed by atoms with Crippen molar-refractivity contribution < 1.29 is 14.3 Å². The van der Waals surface area contributed by atoms with Gasteiger partial charge >= 0.3 is 5.97 Å². The van der Waals surface area contributed by atoms with E-state index in [0.29, 0.717) is 18.7 Å². The van der Waals surface area contributed by atoms with Crippen LogP contribution < -0.4 is 0 Å². The molecule has 0 spiro atoms. The van der Waals surface area contributed by atoms with Gasteiger partial charge in [0.1, 0.15) is 5.38 Å². The summed E-state index contributed by atoms with van der Waals surface area (Å²) in [4.78, 5) is 24.8. The molecule has 0 aliphatic carbocycles. The largest absolute Gasteiger partial charge is 0.466 e. The highest BCUT2D eigenvalue weighted by atomic mass is 35.5. The summed E-state index contributed by atoms with van der Waals surface area (Å²) in [6, 6.07) is 0. The molecule has 1 aliphatic rings. The van der Waals surface area contributed by atoms with Crippen LogP contribution in [-0.2, 0) is 14.3 Å². The van der Waals surface area contributed by atoms with Crippen LogP contribution >= 0.6 is 11.6 Å². The second-order valence-electron chi connectivity index (χ2n) is 4.08. The van der Waals surface area contributed by atoms with Crippen LogP contribution in [0.4, 0.5) is 0 Å². The van der Waals surface area contributed by atoms with Crippen LogP contribution in [0.2, 0.25) is 0 Å². The molecule has 4 nitrogen and oxygen atoms in total. The average Bonchev–Trinajstić information content (AvgIpc) is 2.53. The number of amides is 1. The third-order valence-corrected chi connectivity index (χ3v) is 2.94. The lowest BCUT2D eigenvalue weighted by Gasteiger charge is -2.24. The predicted molar refractivity (Wildman–Crippen MR) is 65.6 cm³/mol. The molecule has 0 aromatic carbocycles. The van der Waals surface area contributed by atoms with Crippen LogP contribution in [0, 0.1) is 0 Å². The van der Waals surface area contributed by atoms with Crippen molar-refractivity contribution in [3.63, 3.8) is 0 Å². The number of carbonyl (C=O) groups excluding carboxylic acids is 2. The maximum Gasteiger partial charge on any atom is 0.332 e. The Labute approximate surface area is 107 Å². The number of rotatable bonds is 2. The predicted octanol–water partition coefficient (Wildman–Crippen LogP) is 2.07. The number of halogens is 1. The summed E-state index contributed by atoms with van der Waals surface area (Å²) in [6.07, 6.45) is 5.07. The van der Waals surface area contributed by atoms with E-state index in [1.165, 1.54) is 13.2 Å². The summed E-state index contributed by atoms with van der Waals surface area (Å²) in [5, 5.41) is -0.575. The van der Waals surface area contributed by atoms with E-state index in [-0.39, 0.29) is 5.91 Å². The van der Waals surface area contributed by atoms with Gasteiger partial charge in [0.25, 0.3) is 0 Å². The molecule has 5 heteroatoms. The van der Waals surface area contributed by atoms with E-state index >= 15 is 0 Å². The molecule has 0 N–H and O–H groups in total. The normalized spacial score (nSPS) is 20.9. The van der Waals surface area contributed by atoms with Gasteiger partial charge in [-0.15, -0.1) is 11.6 Å². The number of hydrogen-bond acceptors (Lipinski definition) is 3. The third kappa shape index (κ3) is 4.04. The van der Waals surface area contributed by atoms with E-state index < -0.39 is 11.3 Å². The zero-order valence-corrected chi connectivity index (χ0v) is 11.0. The van der Waals surface area contributed by atoms with E-state index in [1.807, 2.05) is 0 Å². The van der Waals surface area contributed by atoms with Crippen molar-refractivity contribution in [2.45, 2.75) is 38.0 Å². The summed E-state index contributed by atoms with van der Waals surface area (Å²) < 4.78 is 4.60. The number of hydrogen-bond donors (Lipinski definition) is 0. The van der Waals surface area contributed by atoms with Crippen molar-refractivity contribution in [3.8, 4) is 0 Å². The summed E-state index contributed by atoms with van der Waals surface area (Å²) in [6.45, 7) is 2.27. The molecule has 1 heterocycles. The van der Waals surface area contributed by atoms with Crippen molar-refractivity contribution in [1.82, 2.24) is 4.90 Å². The number of alkyl halides is 1. The molecule has 1 fully saturated rings. The van der Waals surface area contributed by atoms with Gasteiger partial charge in [0, 0.05) is 18.3 Å². The first-order chi connectivity index (χ1) is 8.06. The van der Waals surface area contributed by atoms with E-state index in [9.17, 15) is 9.59 Å². The van der Waals surface area contributed by atoms with Crippen LogP contribution in [0.25, 0.3) is 0 Å². The Morgan fingerprint density at radius 1 is 1.41 bits per heavy atom. The van der Waals surface area contributed by atoms with Gasteiger partial charge in [-0.3, -0.25) is 4.79 Å². The monoisotopic (exact) mass is 259 g/mol. The molecule has 0 saturated carbocycles. The molecular formula is C12H18ClNO3. The fourth-order valence-corrected chi connectivity index (χ4v) is 1.96. The lowest BCUT2D eigenvalue weighted by molar-refractivity contribution is -0.135. The molecule has 0 radical (unpaired) electrons. The quantitative estimate of drug-likeness (QED) is 0.433. The summed E-state index contributed by atoms with van der Waals surface area (Å²) >= 11 is 5.82. The molecule has 1 amide bonds. The topological polar surface area (TPSA) is 46.6 Å². The van der Waals surface area contributed by atoms with Crippen LogP contribution in [0.5, 0.6) is 0 Å². The average molecular weight is 260 g/mol. The van der Waals surface area contributed by atoms with Crippen molar-refractivity contribution in [2.75, 3.05) is 13.7 Å². The molecule has 1 atom stereocenters. The minimum atomic E-state index is -0.575. The molecule has 17 heavy (non-hydrogen) atoms. The standard InChI is InChI=1S/C12H18ClNO3/c1-9(13)12(16)14-7-5-3-4-6-10(14)8-11(15)17-2/h8-9H,3-7H2,1-2H3/b10-8+/t9-/m1/s1. The SMILES string of the molecule is COC(=O)/C=C1\CCCCCN1C(=O)[C@@H](C)Cl. The minimum absolute atomic E-state index is 0.149. The first-order valence-corrected chi connectivity index (χ1v) is 6.24. The van der Waals surface area contributed by atoms with Crippen molar-refractivity contribution in [2.24, 2.45) is 0 Å². The second-order valence-corrected chi connectivity index (χ2v) is 4.73. The maximum atomic E-state index is 11.9. The van der Waals surface area contributed by atoms with E-state index in [4.69, 9.17) is 11.6 Å². The van der Waals surface area contributed by atoms with Crippen molar-refractivity contribution in [1.29, 1.82) is 0 Å². The summed E-state index contributed by atoms with van der Waals surface area (Å²) in [7, 11) is 1.33. The molecule has 0 bridgehead atoms. The first kappa shape index (κ1) is 14.0. The maximum absolute atomic E-state index is 11.9. The number of esters is 1. The number of allylic oxidation sites excluding steroid dienone is 1. The van der Waals surface area contributed by atoms with Gasteiger partial charge < -0.3 is 9.64 Å². The lowest BCUT2D eigenvalue weighted by atomic mass is 10.2. The third-order valence-electron chi connectivity index (χ3n) is 2.75. The number of likely N-dealkylation sites (tertiary alicyclic amines) is 1.